The SMILES string of the molecule is Cc1nc(-c2ccc(F)cc2)sc1C(=O)NCc1cccc(C#N)c1. The molecule has 0 aliphatic rings. The van der Waals surface area contributed by atoms with Gasteiger partial charge in [-0.15, -0.1) is 11.3 Å². The minimum Gasteiger partial charge on any atom is -0.347 e. The largest absolute Gasteiger partial charge is 0.347 e. The number of rotatable bonds is 4. The van der Waals surface area contributed by atoms with Crippen molar-refractivity contribution in [1.82, 2.24) is 10.3 Å². The number of amides is 1. The monoisotopic (exact) mass is 351 g/mol. The molecule has 3 aromatic rings. The van der Waals surface area contributed by atoms with Crippen LogP contribution in [0.3, 0.4) is 0 Å². The Morgan fingerprint density at radius 1 is 1.28 bits per heavy atom. The molecule has 0 aliphatic carbocycles. The number of hydrogen-bond acceptors (Lipinski definition) is 4. The third-order valence-corrected chi connectivity index (χ3v) is 4.81. The molecule has 6 heteroatoms. The van der Waals surface area contributed by atoms with Gasteiger partial charge in [0.2, 0.25) is 0 Å². The van der Waals surface area contributed by atoms with E-state index < -0.39 is 0 Å². The van der Waals surface area contributed by atoms with E-state index in [-0.39, 0.29) is 11.7 Å². The van der Waals surface area contributed by atoms with Crippen molar-refractivity contribution in [2.75, 3.05) is 0 Å². The minimum atomic E-state index is -0.311. The number of carbonyl (C=O) groups is 1. The highest BCUT2D eigenvalue weighted by Gasteiger charge is 2.16. The van der Waals surface area contributed by atoms with Crippen molar-refractivity contribution in [1.29, 1.82) is 5.26 Å². The van der Waals surface area contributed by atoms with Gasteiger partial charge in [0.15, 0.2) is 0 Å². The maximum atomic E-state index is 13.0. The highest BCUT2D eigenvalue weighted by Crippen LogP contribution is 2.28. The zero-order valence-electron chi connectivity index (χ0n) is 13.4. The van der Waals surface area contributed by atoms with Crippen LogP contribution in [0.5, 0.6) is 0 Å². The van der Waals surface area contributed by atoms with E-state index in [0.29, 0.717) is 27.7 Å². The van der Waals surface area contributed by atoms with Crippen LogP contribution >= 0.6 is 11.3 Å². The summed E-state index contributed by atoms with van der Waals surface area (Å²) >= 11 is 1.27. The van der Waals surface area contributed by atoms with Gasteiger partial charge in [-0.1, -0.05) is 12.1 Å². The van der Waals surface area contributed by atoms with E-state index in [1.54, 1.807) is 37.3 Å². The van der Waals surface area contributed by atoms with Crippen molar-refractivity contribution in [3.8, 4) is 16.6 Å². The summed E-state index contributed by atoms with van der Waals surface area (Å²) < 4.78 is 13.0. The molecule has 124 valence electrons. The van der Waals surface area contributed by atoms with Crippen LogP contribution in [0.2, 0.25) is 0 Å². The number of nitrogens with zero attached hydrogens (tertiary/aromatic N) is 2. The molecular formula is C19H14FN3OS. The average molecular weight is 351 g/mol. The lowest BCUT2D eigenvalue weighted by molar-refractivity contribution is 0.0954. The Morgan fingerprint density at radius 3 is 2.76 bits per heavy atom. The topological polar surface area (TPSA) is 65.8 Å². The quantitative estimate of drug-likeness (QED) is 0.771. The van der Waals surface area contributed by atoms with Gasteiger partial charge in [-0.3, -0.25) is 4.79 Å². The van der Waals surface area contributed by atoms with Gasteiger partial charge < -0.3 is 5.32 Å². The number of halogens is 1. The van der Waals surface area contributed by atoms with Crippen LogP contribution in [-0.2, 0) is 6.54 Å². The van der Waals surface area contributed by atoms with Gasteiger partial charge in [0.1, 0.15) is 15.7 Å². The maximum absolute atomic E-state index is 13.0. The smallest absolute Gasteiger partial charge is 0.263 e. The Labute approximate surface area is 148 Å². The van der Waals surface area contributed by atoms with E-state index in [0.717, 1.165) is 11.1 Å². The number of benzene rings is 2. The summed E-state index contributed by atoms with van der Waals surface area (Å²) in [5.41, 5.74) is 2.82. The van der Waals surface area contributed by atoms with Crippen molar-refractivity contribution in [3.05, 3.63) is 76.0 Å². The van der Waals surface area contributed by atoms with E-state index in [2.05, 4.69) is 16.4 Å². The number of carbonyl (C=O) groups excluding carboxylic acids is 1. The van der Waals surface area contributed by atoms with Gasteiger partial charge in [0, 0.05) is 12.1 Å². The van der Waals surface area contributed by atoms with Crippen LogP contribution in [0, 0.1) is 24.1 Å². The van der Waals surface area contributed by atoms with Crippen LogP contribution in [0.4, 0.5) is 4.39 Å². The standard InChI is InChI=1S/C19H14FN3OS/c1-12-17(25-19(23-12)15-5-7-16(20)8-6-15)18(24)22-11-14-4-2-3-13(9-14)10-21/h2-9H,11H2,1H3,(H,22,24). The van der Waals surface area contributed by atoms with Crippen molar-refractivity contribution >= 4 is 17.2 Å². The molecule has 0 unspecified atom stereocenters. The fourth-order valence-corrected chi connectivity index (χ4v) is 3.32. The van der Waals surface area contributed by atoms with Crippen LogP contribution < -0.4 is 5.32 Å². The zero-order valence-corrected chi connectivity index (χ0v) is 14.2. The van der Waals surface area contributed by atoms with Gasteiger partial charge in [0.25, 0.3) is 5.91 Å². The minimum absolute atomic E-state index is 0.217. The van der Waals surface area contributed by atoms with E-state index >= 15 is 0 Å². The first kappa shape index (κ1) is 16.8. The summed E-state index contributed by atoms with van der Waals surface area (Å²) in [7, 11) is 0. The Kier molecular flexibility index (Phi) is 4.87. The summed E-state index contributed by atoms with van der Waals surface area (Å²) in [6.45, 7) is 2.10. The number of hydrogen-bond donors (Lipinski definition) is 1. The van der Waals surface area contributed by atoms with Crippen LogP contribution in [0.25, 0.3) is 10.6 Å². The van der Waals surface area contributed by atoms with E-state index in [1.165, 1.54) is 23.5 Å². The summed E-state index contributed by atoms with van der Waals surface area (Å²) in [5, 5.41) is 12.4. The Bertz CT molecular complexity index is 958. The number of aryl methyl sites for hydroxylation is 1. The molecule has 1 N–H and O–H groups in total. The second kappa shape index (κ2) is 7.24. The molecule has 1 amide bonds. The molecule has 2 aromatic carbocycles. The summed E-state index contributed by atoms with van der Waals surface area (Å²) in [6.07, 6.45) is 0. The third-order valence-electron chi connectivity index (χ3n) is 3.60. The zero-order chi connectivity index (χ0) is 17.8. The molecule has 0 spiro atoms. The van der Waals surface area contributed by atoms with Crippen LogP contribution in [0.1, 0.15) is 26.5 Å². The molecule has 0 fully saturated rings. The van der Waals surface area contributed by atoms with Gasteiger partial charge >= 0.3 is 0 Å². The molecular weight excluding hydrogens is 337 g/mol. The second-order valence-electron chi connectivity index (χ2n) is 5.44. The molecule has 0 saturated heterocycles. The van der Waals surface area contributed by atoms with E-state index in [4.69, 9.17) is 5.26 Å². The second-order valence-corrected chi connectivity index (χ2v) is 6.43. The van der Waals surface area contributed by atoms with Gasteiger partial charge in [0.05, 0.1) is 17.3 Å². The molecule has 1 aromatic heterocycles. The number of nitriles is 1. The number of thiazole rings is 1. The van der Waals surface area contributed by atoms with Crippen molar-refractivity contribution in [2.24, 2.45) is 0 Å². The first-order valence-corrected chi connectivity index (χ1v) is 8.39. The number of nitrogens with one attached hydrogen (secondary N) is 1. The van der Waals surface area contributed by atoms with Crippen LogP contribution in [0.15, 0.2) is 48.5 Å². The fraction of sp³-hybridized carbons (Fsp3) is 0.105. The summed E-state index contributed by atoms with van der Waals surface area (Å²) in [6, 6.07) is 15.2. The maximum Gasteiger partial charge on any atom is 0.263 e. The molecule has 25 heavy (non-hydrogen) atoms. The van der Waals surface area contributed by atoms with Gasteiger partial charge in [-0.25, -0.2) is 9.37 Å². The Balaban J connectivity index is 1.74. The molecule has 1 heterocycles. The molecule has 0 aliphatic heterocycles. The van der Waals surface area contributed by atoms with Crippen molar-refractivity contribution < 1.29 is 9.18 Å². The summed E-state index contributed by atoms with van der Waals surface area (Å²) in [5.74, 6) is -0.527. The lowest BCUT2D eigenvalue weighted by Gasteiger charge is -2.04. The molecule has 3 rings (SSSR count). The fourth-order valence-electron chi connectivity index (χ4n) is 2.34. The van der Waals surface area contributed by atoms with E-state index in [1.807, 2.05) is 6.07 Å². The normalized spacial score (nSPS) is 10.3. The van der Waals surface area contributed by atoms with E-state index in [9.17, 15) is 9.18 Å². The Hall–Kier alpha value is -3.04. The predicted octanol–water partition coefficient (Wildman–Crippen LogP) is 4.06. The lowest BCUT2D eigenvalue weighted by Crippen LogP contribution is -2.22. The average Bonchev–Trinajstić information content (AvgIpc) is 3.02. The first-order valence-electron chi connectivity index (χ1n) is 7.57. The summed E-state index contributed by atoms with van der Waals surface area (Å²) in [4.78, 5) is 17.4. The number of aromatic nitrogens is 1. The van der Waals surface area contributed by atoms with Crippen molar-refractivity contribution in [2.45, 2.75) is 13.5 Å². The first-order chi connectivity index (χ1) is 12.1. The molecule has 0 atom stereocenters. The lowest BCUT2D eigenvalue weighted by atomic mass is 10.1. The van der Waals surface area contributed by atoms with Crippen LogP contribution in [-0.4, -0.2) is 10.9 Å². The predicted molar refractivity (Wildman–Crippen MR) is 94.6 cm³/mol. The van der Waals surface area contributed by atoms with Gasteiger partial charge in [-0.2, -0.15) is 5.26 Å². The third kappa shape index (κ3) is 3.90. The van der Waals surface area contributed by atoms with Crippen molar-refractivity contribution in [3.63, 3.8) is 0 Å². The highest BCUT2D eigenvalue weighted by atomic mass is 32.1. The molecule has 0 saturated carbocycles. The van der Waals surface area contributed by atoms with Gasteiger partial charge in [-0.05, 0) is 48.9 Å². The molecule has 0 radical (unpaired) electrons. The molecule has 4 nitrogen and oxygen atoms in total. The highest BCUT2D eigenvalue weighted by molar-refractivity contribution is 7.17. The Morgan fingerprint density at radius 2 is 2.04 bits per heavy atom. The molecule has 0 bridgehead atoms.